The van der Waals surface area contributed by atoms with Gasteiger partial charge in [-0.3, -0.25) is 0 Å². The Morgan fingerprint density at radius 2 is 1.93 bits per heavy atom. The van der Waals surface area contributed by atoms with Crippen LogP contribution < -0.4 is 4.74 Å². The second-order valence-corrected chi connectivity index (χ2v) is 6.22. The maximum Gasteiger partial charge on any atom is 0.336 e. The van der Waals surface area contributed by atoms with Crippen LogP contribution in [-0.4, -0.2) is 32.4 Å². The van der Waals surface area contributed by atoms with Gasteiger partial charge in [0.25, 0.3) is 0 Å². The third-order valence-electron chi connectivity index (χ3n) is 4.29. The first-order valence-electron chi connectivity index (χ1n) is 9.21. The molecule has 0 fully saturated rings. The van der Waals surface area contributed by atoms with Gasteiger partial charge in [-0.25, -0.2) is 9.48 Å². The van der Waals surface area contributed by atoms with E-state index in [-0.39, 0.29) is 0 Å². The highest BCUT2D eigenvalue weighted by Gasteiger charge is 2.12. The number of allylic oxidation sites excluding steroid dienone is 2. The summed E-state index contributed by atoms with van der Waals surface area (Å²) < 4.78 is 7.27. The molecule has 3 aromatic rings. The number of hydrogen-bond donors (Lipinski definition) is 1. The third kappa shape index (κ3) is 4.46. The fourth-order valence-corrected chi connectivity index (χ4v) is 2.93. The van der Waals surface area contributed by atoms with Crippen LogP contribution in [0.2, 0.25) is 0 Å². The summed E-state index contributed by atoms with van der Waals surface area (Å²) in [6.45, 7) is 4.95. The Morgan fingerprint density at radius 3 is 2.61 bits per heavy atom. The molecule has 0 amide bonds. The number of benzene rings is 2. The highest BCUT2D eigenvalue weighted by molar-refractivity contribution is 5.95. The standard InChI is InChI=1S/C22H23N3O3/c1-3-5-10-20-23-22(28-4-2)24-25(20)15-16-11-13-17(14-12-16)18-8-6-7-9-19(18)21(26)27/h3,5-9,11-14H,4,10,15H2,1-2H3,(H,26,27)/b5-3+. The number of carboxylic acids is 1. The first kappa shape index (κ1) is 19.4. The SMILES string of the molecule is C/C=C/Cc1nc(OCC)nn1Cc1ccc(-c2ccccc2C(=O)O)cc1. The van der Waals surface area contributed by atoms with Crippen molar-refractivity contribution in [3.63, 3.8) is 0 Å². The van der Waals surface area contributed by atoms with Gasteiger partial charge in [-0.2, -0.15) is 4.98 Å². The van der Waals surface area contributed by atoms with Gasteiger partial charge in [-0.05, 0) is 36.6 Å². The molecular weight excluding hydrogens is 354 g/mol. The van der Waals surface area contributed by atoms with E-state index in [2.05, 4.69) is 10.1 Å². The molecule has 2 aromatic carbocycles. The number of aromatic nitrogens is 3. The topological polar surface area (TPSA) is 77.2 Å². The molecule has 1 heterocycles. The maximum atomic E-state index is 11.4. The van der Waals surface area contributed by atoms with Gasteiger partial charge in [0.1, 0.15) is 5.82 Å². The molecule has 0 aliphatic rings. The number of ether oxygens (including phenoxy) is 1. The summed E-state index contributed by atoms with van der Waals surface area (Å²) in [7, 11) is 0. The summed E-state index contributed by atoms with van der Waals surface area (Å²) in [5.41, 5.74) is 2.91. The second-order valence-electron chi connectivity index (χ2n) is 6.22. The lowest BCUT2D eigenvalue weighted by Gasteiger charge is -2.08. The predicted molar refractivity (Wildman–Crippen MR) is 108 cm³/mol. The smallest absolute Gasteiger partial charge is 0.336 e. The molecule has 1 N–H and O–H groups in total. The van der Waals surface area contributed by atoms with Crippen molar-refractivity contribution in [1.82, 2.24) is 14.8 Å². The van der Waals surface area contributed by atoms with Crippen LogP contribution in [0.3, 0.4) is 0 Å². The molecule has 3 rings (SSSR count). The monoisotopic (exact) mass is 377 g/mol. The molecule has 0 radical (unpaired) electrons. The molecule has 0 bridgehead atoms. The molecule has 0 spiro atoms. The van der Waals surface area contributed by atoms with E-state index in [4.69, 9.17) is 4.74 Å². The summed E-state index contributed by atoms with van der Waals surface area (Å²) in [5.74, 6) is -0.0961. The molecule has 1 aromatic heterocycles. The van der Waals surface area contributed by atoms with E-state index >= 15 is 0 Å². The fraction of sp³-hybridized carbons (Fsp3) is 0.227. The van der Waals surface area contributed by atoms with Gasteiger partial charge in [0, 0.05) is 6.42 Å². The highest BCUT2D eigenvalue weighted by atomic mass is 16.5. The number of carbonyl (C=O) groups is 1. The number of hydrogen-bond acceptors (Lipinski definition) is 4. The number of aromatic carboxylic acids is 1. The minimum absolute atomic E-state index is 0.293. The Kier molecular flexibility index (Phi) is 6.22. The molecule has 28 heavy (non-hydrogen) atoms. The van der Waals surface area contributed by atoms with Gasteiger partial charge >= 0.3 is 12.0 Å². The number of rotatable bonds is 8. The lowest BCUT2D eigenvalue weighted by atomic mass is 9.99. The maximum absolute atomic E-state index is 11.4. The van der Waals surface area contributed by atoms with E-state index in [1.165, 1.54) is 0 Å². The summed E-state index contributed by atoms with van der Waals surface area (Å²) in [4.78, 5) is 15.9. The van der Waals surface area contributed by atoms with E-state index in [0.29, 0.717) is 36.7 Å². The van der Waals surface area contributed by atoms with E-state index in [1.54, 1.807) is 12.1 Å². The lowest BCUT2D eigenvalue weighted by Crippen LogP contribution is -2.06. The van der Waals surface area contributed by atoms with Gasteiger partial charge < -0.3 is 9.84 Å². The van der Waals surface area contributed by atoms with Gasteiger partial charge in [0.05, 0.1) is 18.7 Å². The van der Waals surface area contributed by atoms with Gasteiger partial charge in [-0.15, -0.1) is 5.10 Å². The molecule has 0 atom stereocenters. The van der Waals surface area contributed by atoms with Gasteiger partial charge in [-0.1, -0.05) is 54.6 Å². The van der Waals surface area contributed by atoms with Crippen LogP contribution in [0.1, 0.15) is 35.6 Å². The van der Waals surface area contributed by atoms with Crippen LogP contribution in [0.15, 0.2) is 60.7 Å². The summed E-state index contributed by atoms with van der Waals surface area (Å²) in [6.07, 6.45) is 4.69. The largest absolute Gasteiger partial charge is 0.478 e. The summed E-state index contributed by atoms with van der Waals surface area (Å²) in [5, 5.41) is 13.8. The van der Waals surface area contributed by atoms with E-state index < -0.39 is 5.97 Å². The molecule has 0 aliphatic heterocycles. The fourth-order valence-electron chi connectivity index (χ4n) is 2.93. The Balaban J connectivity index is 1.84. The van der Waals surface area contributed by atoms with Crippen molar-refractivity contribution in [2.45, 2.75) is 26.8 Å². The molecule has 144 valence electrons. The molecule has 0 aliphatic carbocycles. The molecule has 6 nitrogen and oxygen atoms in total. The molecule has 0 saturated heterocycles. The van der Waals surface area contributed by atoms with Crippen molar-refractivity contribution in [2.75, 3.05) is 6.61 Å². The van der Waals surface area contributed by atoms with Crippen LogP contribution in [0.4, 0.5) is 0 Å². The highest BCUT2D eigenvalue weighted by Crippen LogP contribution is 2.24. The first-order chi connectivity index (χ1) is 13.6. The Morgan fingerprint density at radius 1 is 1.18 bits per heavy atom. The quantitative estimate of drug-likeness (QED) is 0.595. The Bertz CT molecular complexity index is 975. The zero-order valence-corrected chi connectivity index (χ0v) is 16.0. The zero-order valence-electron chi connectivity index (χ0n) is 16.0. The number of nitrogens with zero attached hydrogens (tertiary/aromatic N) is 3. The van der Waals surface area contributed by atoms with Gasteiger partial charge in [0.15, 0.2) is 0 Å². The van der Waals surface area contributed by atoms with Crippen molar-refractivity contribution in [2.24, 2.45) is 0 Å². The van der Waals surface area contributed by atoms with Crippen molar-refractivity contribution in [1.29, 1.82) is 0 Å². The minimum Gasteiger partial charge on any atom is -0.478 e. The van der Waals surface area contributed by atoms with Crippen LogP contribution in [0.25, 0.3) is 11.1 Å². The minimum atomic E-state index is -0.931. The van der Waals surface area contributed by atoms with Crippen molar-refractivity contribution >= 4 is 5.97 Å². The normalized spacial score (nSPS) is 11.1. The predicted octanol–water partition coefficient (Wildman–Crippen LogP) is 4.21. The summed E-state index contributed by atoms with van der Waals surface area (Å²) >= 11 is 0. The van der Waals surface area contributed by atoms with Gasteiger partial charge in [0.2, 0.25) is 0 Å². The Hall–Kier alpha value is -3.41. The first-order valence-corrected chi connectivity index (χ1v) is 9.21. The summed E-state index contributed by atoms with van der Waals surface area (Å²) in [6, 6.07) is 15.2. The van der Waals surface area contributed by atoms with Crippen LogP contribution >= 0.6 is 0 Å². The van der Waals surface area contributed by atoms with Crippen molar-refractivity contribution in [3.8, 4) is 17.1 Å². The lowest BCUT2D eigenvalue weighted by molar-refractivity contribution is 0.0697. The van der Waals surface area contributed by atoms with E-state index in [0.717, 1.165) is 17.0 Å². The molecular formula is C22H23N3O3. The average molecular weight is 377 g/mol. The zero-order chi connectivity index (χ0) is 19.9. The van der Waals surface area contributed by atoms with Crippen LogP contribution in [-0.2, 0) is 13.0 Å². The number of carboxylic acid groups (broad SMARTS) is 1. The Labute approximate surface area is 164 Å². The van der Waals surface area contributed by atoms with Crippen molar-refractivity contribution in [3.05, 3.63) is 77.6 Å². The van der Waals surface area contributed by atoms with E-state index in [1.807, 2.05) is 67.1 Å². The third-order valence-corrected chi connectivity index (χ3v) is 4.29. The molecule has 0 saturated carbocycles. The average Bonchev–Trinajstić information content (AvgIpc) is 3.08. The van der Waals surface area contributed by atoms with Crippen LogP contribution in [0.5, 0.6) is 6.01 Å². The van der Waals surface area contributed by atoms with E-state index in [9.17, 15) is 9.90 Å². The molecule has 6 heteroatoms. The van der Waals surface area contributed by atoms with Crippen molar-refractivity contribution < 1.29 is 14.6 Å². The van der Waals surface area contributed by atoms with Crippen LogP contribution in [0, 0.1) is 0 Å². The molecule has 0 unspecified atom stereocenters. The second kappa shape index (κ2) is 8.99.